The lowest BCUT2D eigenvalue weighted by Crippen LogP contribution is -1.90. The SMILES string of the molecule is Oc1ccc2c(-c3ccccc3)cccc2c1-c1c(O)ccc2c(-c3ccccc3)cccc12. The first-order valence-electron chi connectivity index (χ1n) is 11.3. The van der Waals surface area contributed by atoms with Crippen molar-refractivity contribution in [2.75, 3.05) is 0 Å². The molecule has 0 unspecified atom stereocenters. The number of rotatable bonds is 3. The molecule has 0 aliphatic heterocycles. The number of hydrogen-bond donors (Lipinski definition) is 2. The van der Waals surface area contributed by atoms with Crippen LogP contribution in [-0.2, 0) is 0 Å². The van der Waals surface area contributed by atoms with Crippen molar-refractivity contribution in [1.82, 2.24) is 0 Å². The lowest BCUT2D eigenvalue weighted by Gasteiger charge is -2.17. The fourth-order valence-electron chi connectivity index (χ4n) is 4.96. The smallest absolute Gasteiger partial charge is 0.124 e. The van der Waals surface area contributed by atoms with Crippen molar-refractivity contribution < 1.29 is 10.2 Å². The first-order valence-corrected chi connectivity index (χ1v) is 11.3. The summed E-state index contributed by atoms with van der Waals surface area (Å²) in [5.41, 5.74) is 5.68. The summed E-state index contributed by atoms with van der Waals surface area (Å²) in [6.07, 6.45) is 0. The van der Waals surface area contributed by atoms with E-state index in [9.17, 15) is 10.2 Å². The van der Waals surface area contributed by atoms with Crippen LogP contribution in [0.5, 0.6) is 11.5 Å². The Morgan fingerprint density at radius 1 is 0.324 bits per heavy atom. The van der Waals surface area contributed by atoms with Crippen molar-refractivity contribution in [2.24, 2.45) is 0 Å². The molecule has 0 saturated heterocycles. The van der Waals surface area contributed by atoms with Gasteiger partial charge in [0, 0.05) is 11.1 Å². The van der Waals surface area contributed by atoms with Crippen LogP contribution in [0.1, 0.15) is 0 Å². The van der Waals surface area contributed by atoms with Crippen molar-refractivity contribution in [1.29, 1.82) is 0 Å². The molecule has 0 atom stereocenters. The second-order valence-electron chi connectivity index (χ2n) is 8.45. The van der Waals surface area contributed by atoms with E-state index < -0.39 is 0 Å². The normalized spacial score (nSPS) is 11.2. The van der Waals surface area contributed by atoms with Crippen LogP contribution in [0, 0.1) is 0 Å². The van der Waals surface area contributed by atoms with Gasteiger partial charge in [0.25, 0.3) is 0 Å². The van der Waals surface area contributed by atoms with E-state index in [1.54, 1.807) is 12.1 Å². The minimum atomic E-state index is 0.144. The van der Waals surface area contributed by atoms with Gasteiger partial charge >= 0.3 is 0 Å². The zero-order valence-electron chi connectivity index (χ0n) is 18.4. The molecule has 0 amide bonds. The average Bonchev–Trinajstić information content (AvgIpc) is 2.89. The molecule has 0 aliphatic rings. The summed E-state index contributed by atoms with van der Waals surface area (Å²) in [7, 11) is 0. The highest BCUT2D eigenvalue weighted by Crippen LogP contribution is 2.47. The Kier molecular flexibility index (Phi) is 4.78. The van der Waals surface area contributed by atoms with E-state index in [2.05, 4.69) is 36.4 Å². The first kappa shape index (κ1) is 20.1. The molecular formula is C32H22O2. The molecule has 0 fully saturated rings. The van der Waals surface area contributed by atoms with Gasteiger partial charge in [0.15, 0.2) is 0 Å². The zero-order chi connectivity index (χ0) is 23.1. The predicted molar refractivity (Wildman–Crippen MR) is 141 cm³/mol. The van der Waals surface area contributed by atoms with Crippen molar-refractivity contribution in [2.45, 2.75) is 0 Å². The van der Waals surface area contributed by atoms with Gasteiger partial charge in [-0.1, -0.05) is 109 Å². The Bertz CT molecular complexity index is 1530. The molecule has 0 radical (unpaired) electrons. The van der Waals surface area contributed by atoms with E-state index in [4.69, 9.17) is 0 Å². The van der Waals surface area contributed by atoms with Crippen LogP contribution in [0.25, 0.3) is 54.9 Å². The molecule has 0 aliphatic carbocycles. The van der Waals surface area contributed by atoms with Gasteiger partial charge in [-0.05, 0) is 55.9 Å². The van der Waals surface area contributed by atoms with Gasteiger partial charge in [0.05, 0.1) is 0 Å². The first-order chi connectivity index (χ1) is 16.7. The highest BCUT2D eigenvalue weighted by molar-refractivity contribution is 6.14. The number of benzene rings is 6. The summed E-state index contributed by atoms with van der Waals surface area (Å²) in [5, 5.41) is 26.0. The third-order valence-corrected chi connectivity index (χ3v) is 6.50. The Hall–Kier alpha value is -4.56. The molecule has 2 heteroatoms. The second kappa shape index (κ2) is 8.09. The summed E-state index contributed by atoms with van der Waals surface area (Å²) in [4.78, 5) is 0. The number of phenolic OH excluding ortho intramolecular Hbond substituents is 2. The predicted octanol–water partition coefficient (Wildman–Crippen LogP) is 8.41. The minimum absolute atomic E-state index is 0.144. The van der Waals surface area contributed by atoms with Crippen molar-refractivity contribution in [3.63, 3.8) is 0 Å². The average molecular weight is 439 g/mol. The van der Waals surface area contributed by atoms with E-state index >= 15 is 0 Å². The summed E-state index contributed by atoms with van der Waals surface area (Å²) < 4.78 is 0. The lowest BCUT2D eigenvalue weighted by molar-refractivity contribution is 0.470. The Labute approximate surface area is 198 Å². The fraction of sp³-hybridized carbons (Fsp3) is 0. The topological polar surface area (TPSA) is 40.5 Å². The maximum atomic E-state index is 11.1. The fourth-order valence-corrected chi connectivity index (χ4v) is 4.96. The molecule has 2 N–H and O–H groups in total. The summed E-state index contributed by atoms with van der Waals surface area (Å²) in [6.45, 7) is 0. The summed E-state index contributed by atoms with van der Waals surface area (Å²) in [6, 6.07) is 40.0. The molecule has 6 aromatic carbocycles. The van der Waals surface area contributed by atoms with Crippen LogP contribution in [0.2, 0.25) is 0 Å². The lowest BCUT2D eigenvalue weighted by atomic mass is 9.88. The minimum Gasteiger partial charge on any atom is -0.507 e. The van der Waals surface area contributed by atoms with Gasteiger partial charge in [-0.2, -0.15) is 0 Å². The van der Waals surface area contributed by atoms with Crippen LogP contribution in [-0.4, -0.2) is 10.2 Å². The maximum Gasteiger partial charge on any atom is 0.124 e. The van der Waals surface area contributed by atoms with Gasteiger partial charge in [0.1, 0.15) is 11.5 Å². The molecule has 2 nitrogen and oxygen atoms in total. The third-order valence-electron chi connectivity index (χ3n) is 6.50. The maximum absolute atomic E-state index is 11.1. The van der Waals surface area contributed by atoms with Gasteiger partial charge in [0.2, 0.25) is 0 Å². The van der Waals surface area contributed by atoms with Crippen molar-refractivity contribution >= 4 is 21.5 Å². The van der Waals surface area contributed by atoms with E-state index in [-0.39, 0.29) is 11.5 Å². The van der Waals surface area contributed by atoms with E-state index in [0.29, 0.717) is 11.1 Å². The van der Waals surface area contributed by atoms with Crippen LogP contribution in [0.3, 0.4) is 0 Å². The number of aromatic hydroxyl groups is 2. The quantitative estimate of drug-likeness (QED) is 0.291. The van der Waals surface area contributed by atoms with E-state index in [0.717, 1.165) is 43.8 Å². The second-order valence-corrected chi connectivity index (χ2v) is 8.45. The Balaban J connectivity index is 1.68. The summed E-state index contributed by atoms with van der Waals surface area (Å²) >= 11 is 0. The molecule has 0 heterocycles. The molecule has 162 valence electrons. The standard InChI is InChI=1S/C32H22O2/c33-29-19-17-25-23(21-9-3-1-4-10-21)13-7-15-27(25)31(29)32-28-16-8-14-24(22-11-5-2-6-12-22)26(28)18-20-30(32)34/h1-20,33-34H. The van der Waals surface area contributed by atoms with Crippen LogP contribution in [0.15, 0.2) is 121 Å². The van der Waals surface area contributed by atoms with Crippen LogP contribution < -0.4 is 0 Å². The van der Waals surface area contributed by atoms with Gasteiger partial charge in [-0.3, -0.25) is 0 Å². The highest BCUT2D eigenvalue weighted by atomic mass is 16.3. The molecule has 34 heavy (non-hydrogen) atoms. The van der Waals surface area contributed by atoms with Crippen molar-refractivity contribution in [3.8, 4) is 44.9 Å². The highest BCUT2D eigenvalue weighted by Gasteiger charge is 2.19. The number of fused-ring (bicyclic) bond motifs is 2. The molecule has 6 rings (SSSR count). The van der Waals surface area contributed by atoms with Gasteiger partial charge < -0.3 is 10.2 Å². The third kappa shape index (κ3) is 3.20. The molecule has 0 bridgehead atoms. The van der Waals surface area contributed by atoms with Gasteiger partial charge in [-0.15, -0.1) is 0 Å². The zero-order valence-corrected chi connectivity index (χ0v) is 18.4. The Morgan fingerprint density at radius 3 is 1.15 bits per heavy atom. The van der Waals surface area contributed by atoms with Crippen LogP contribution >= 0.6 is 0 Å². The molecule has 0 saturated carbocycles. The molecule has 0 spiro atoms. The number of phenols is 2. The van der Waals surface area contributed by atoms with Crippen molar-refractivity contribution in [3.05, 3.63) is 121 Å². The molecule has 6 aromatic rings. The largest absolute Gasteiger partial charge is 0.507 e. The Morgan fingerprint density at radius 2 is 0.735 bits per heavy atom. The van der Waals surface area contributed by atoms with E-state index in [1.807, 2.05) is 72.8 Å². The van der Waals surface area contributed by atoms with Crippen LogP contribution in [0.4, 0.5) is 0 Å². The van der Waals surface area contributed by atoms with E-state index in [1.165, 1.54) is 0 Å². The molecular weight excluding hydrogens is 416 g/mol. The monoisotopic (exact) mass is 438 g/mol. The van der Waals surface area contributed by atoms with Gasteiger partial charge in [-0.25, -0.2) is 0 Å². The number of hydrogen-bond acceptors (Lipinski definition) is 2. The summed E-state index contributed by atoms with van der Waals surface area (Å²) in [5.74, 6) is 0.288. The molecule has 0 aromatic heterocycles.